The predicted molar refractivity (Wildman–Crippen MR) is 100.0 cm³/mol. The summed E-state index contributed by atoms with van der Waals surface area (Å²) in [4.78, 5) is 27.1. The molecule has 25 heavy (non-hydrogen) atoms. The van der Waals surface area contributed by atoms with Crippen LogP contribution in [0.5, 0.6) is 0 Å². The second-order valence-corrected chi connectivity index (χ2v) is 6.64. The zero-order chi connectivity index (χ0) is 17.8. The van der Waals surface area contributed by atoms with E-state index in [4.69, 9.17) is 11.6 Å². The molecule has 2 aromatic rings. The van der Waals surface area contributed by atoms with Gasteiger partial charge in [0, 0.05) is 22.8 Å². The topological polar surface area (TPSA) is 49.4 Å². The number of amides is 2. The molecule has 130 valence electrons. The predicted octanol–water partition coefficient (Wildman–Crippen LogP) is 4.15. The van der Waals surface area contributed by atoms with Crippen molar-refractivity contribution in [3.8, 4) is 0 Å². The lowest BCUT2D eigenvalue weighted by Crippen LogP contribution is -2.43. The molecule has 2 amide bonds. The normalized spacial score (nSPS) is 16.7. The number of likely N-dealkylation sites (tertiary alicyclic amines) is 1. The molecule has 1 aliphatic rings. The zero-order valence-electron chi connectivity index (χ0n) is 14.2. The summed E-state index contributed by atoms with van der Waals surface area (Å²) in [5.41, 5.74) is 2.50. The highest BCUT2D eigenvalue weighted by Crippen LogP contribution is 2.22. The first-order valence-electron chi connectivity index (χ1n) is 8.55. The third kappa shape index (κ3) is 4.02. The van der Waals surface area contributed by atoms with Crippen LogP contribution in [0.4, 0.5) is 5.69 Å². The number of hydrogen-bond acceptors (Lipinski definition) is 2. The minimum Gasteiger partial charge on any atom is -0.327 e. The summed E-state index contributed by atoms with van der Waals surface area (Å²) in [6.45, 7) is 2.68. The number of nitrogens with one attached hydrogen (secondary N) is 1. The van der Waals surface area contributed by atoms with E-state index in [-0.39, 0.29) is 11.8 Å². The van der Waals surface area contributed by atoms with Gasteiger partial charge in [-0.25, -0.2) is 0 Å². The van der Waals surface area contributed by atoms with Crippen LogP contribution in [0.1, 0.15) is 35.7 Å². The summed E-state index contributed by atoms with van der Waals surface area (Å²) >= 11 is 5.86. The van der Waals surface area contributed by atoms with E-state index in [1.807, 2.05) is 24.3 Å². The van der Waals surface area contributed by atoms with Crippen LogP contribution in [-0.2, 0) is 11.2 Å². The van der Waals surface area contributed by atoms with Crippen LogP contribution in [-0.4, -0.2) is 29.3 Å². The van der Waals surface area contributed by atoms with Crippen molar-refractivity contribution in [2.75, 3.05) is 11.9 Å². The Labute approximate surface area is 152 Å². The van der Waals surface area contributed by atoms with E-state index in [9.17, 15) is 9.59 Å². The van der Waals surface area contributed by atoms with Gasteiger partial charge in [0.05, 0.1) is 0 Å². The Morgan fingerprint density at radius 2 is 1.80 bits per heavy atom. The Morgan fingerprint density at radius 1 is 1.12 bits per heavy atom. The van der Waals surface area contributed by atoms with Crippen LogP contribution in [0, 0.1) is 0 Å². The highest BCUT2D eigenvalue weighted by Gasteiger charge is 2.34. The number of rotatable bonds is 4. The van der Waals surface area contributed by atoms with Crippen molar-refractivity contribution in [2.24, 2.45) is 0 Å². The van der Waals surface area contributed by atoms with E-state index in [1.165, 1.54) is 5.56 Å². The van der Waals surface area contributed by atoms with Gasteiger partial charge in [0.15, 0.2) is 0 Å². The number of carbonyl (C=O) groups is 2. The smallest absolute Gasteiger partial charge is 0.254 e. The maximum Gasteiger partial charge on any atom is 0.254 e. The SMILES string of the molecule is CCc1ccc(C(=O)N2CCCC2C(=O)Nc2ccc(Cl)cc2)cc1. The number of aryl methyl sites for hydroxylation is 1. The van der Waals surface area contributed by atoms with Crippen molar-refractivity contribution < 1.29 is 9.59 Å². The average molecular weight is 357 g/mol. The van der Waals surface area contributed by atoms with Gasteiger partial charge in [-0.1, -0.05) is 30.7 Å². The summed E-state index contributed by atoms with van der Waals surface area (Å²) in [6.07, 6.45) is 2.44. The molecular formula is C20H21ClN2O2. The molecule has 0 aromatic heterocycles. The third-order valence-electron chi connectivity index (χ3n) is 4.54. The highest BCUT2D eigenvalue weighted by molar-refractivity contribution is 6.30. The molecule has 0 bridgehead atoms. The molecule has 0 radical (unpaired) electrons. The van der Waals surface area contributed by atoms with Crippen LogP contribution in [0.2, 0.25) is 5.02 Å². The maximum atomic E-state index is 12.8. The first-order chi connectivity index (χ1) is 12.1. The van der Waals surface area contributed by atoms with Crippen molar-refractivity contribution in [1.29, 1.82) is 0 Å². The molecule has 1 fully saturated rings. The van der Waals surface area contributed by atoms with Crippen molar-refractivity contribution in [1.82, 2.24) is 4.90 Å². The Balaban J connectivity index is 1.71. The second kappa shape index (κ2) is 7.70. The molecule has 1 saturated heterocycles. The third-order valence-corrected chi connectivity index (χ3v) is 4.79. The van der Waals surface area contributed by atoms with Crippen molar-refractivity contribution in [3.05, 3.63) is 64.7 Å². The molecule has 0 aliphatic carbocycles. The highest BCUT2D eigenvalue weighted by atomic mass is 35.5. The van der Waals surface area contributed by atoms with E-state index < -0.39 is 6.04 Å². The summed E-state index contributed by atoms with van der Waals surface area (Å²) in [6, 6.07) is 14.1. The van der Waals surface area contributed by atoms with Crippen molar-refractivity contribution in [2.45, 2.75) is 32.2 Å². The minimum absolute atomic E-state index is 0.0867. The van der Waals surface area contributed by atoms with E-state index in [1.54, 1.807) is 29.2 Å². The molecule has 3 rings (SSSR count). The quantitative estimate of drug-likeness (QED) is 0.894. The van der Waals surface area contributed by atoms with Crippen molar-refractivity contribution >= 4 is 29.1 Å². The first-order valence-corrected chi connectivity index (χ1v) is 8.92. The first kappa shape index (κ1) is 17.5. The number of hydrogen-bond donors (Lipinski definition) is 1. The molecule has 4 nitrogen and oxygen atoms in total. The molecule has 5 heteroatoms. The second-order valence-electron chi connectivity index (χ2n) is 6.20. The lowest BCUT2D eigenvalue weighted by Gasteiger charge is -2.24. The molecule has 1 aliphatic heterocycles. The van der Waals surface area contributed by atoms with Gasteiger partial charge < -0.3 is 10.2 Å². The number of benzene rings is 2. The van der Waals surface area contributed by atoms with Gasteiger partial charge in [0.25, 0.3) is 5.91 Å². The molecule has 1 N–H and O–H groups in total. The molecule has 1 unspecified atom stereocenters. The lowest BCUT2D eigenvalue weighted by atomic mass is 10.1. The number of nitrogens with zero attached hydrogens (tertiary/aromatic N) is 1. The monoisotopic (exact) mass is 356 g/mol. The fourth-order valence-corrected chi connectivity index (χ4v) is 3.22. The number of carbonyl (C=O) groups excluding carboxylic acids is 2. The summed E-state index contributed by atoms with van der Waals surface area (Å²) < 4.78 is 0. The number of halogens is 1. The van der Waals surface area contributed by atoms with Gasteiger partial charge in [-0.3, -0.25) is 9.59 Å². The van der Waals surface area contributed by atoms with E-state index in [0.29, 0.717) is 29.2 Å². The van der Waals surface area contributed by atoms with Gasteiger partial charge in [0.2, 0.25) is 5.91 Å². The largest absolute Gasteiger partial charge is 0.327 e. The summed E-state index contributed by atoms with van der Waals surface area (Å²) in [5, 5.41) is 3.49. The fourth-order valence-electron chi connectivity index (χ4n) is 3.09. The summed E-state index contributed by atoms with van der Waals surface area (Å²) in [5.74, 6) is -0.241. The molecule has 1 heterocycles. The van der Waals surface area contributed by atoms with Gasteiger partial charge in [0.1, 0.15) is 6.04 Å². The molecule has 1 atom stereocenters. The molecule has 2 aromatic carbocycles. The number of anilines is 1. The van der Waals surface area contributed by atoms with Gasteiger partial charge in [-0.2, -0.15) is 0 Å². The summed E-state index contributed by atoms with van der Waals surface area (Å²) in [7, 11) is 0. The maximum absolute atomic E-state index is 12.8. The Hall–Kier alpha value is -2.33. The molecule has 0 saturated carbocycles. The Kier molecular flexibility index (Phi) is 5.39. The fraction of sp³-hybridized carbons (Fsp3) is 0.300. The van der Waals surface area contributed by atoms with Gasteiger partial charge in [-0.15, -0.1) is 0 Å². The van der Waals surface area contributed by atoms with Crippen LogP contribution in [0.15, 0.2) is 48.5 Å². The van der Waals surface area contributed by atoms with Crippen LogP contribution >= 0.6 is 11.6 Å². The zero-order valence-corrected chi connectivity index (χ0v) is 14.9. The van der Waals surface area contributed by atoms with Gasteiger partial charge >= 0.3 is 0 Å². The standard InChI is InChI=1S/C20H21ClN2O2/c1-2-14-5-7-15(8-6-14)20(25)23-13-3-4-18(23)19(24)22-17-11-9-16(21)10-12-17/h5-12,18H,2-4,13H2,1H3,(H,22,24). The van der Waals surface area contributed by atoms with Gasteiger partial charge in [-0.05, 0) is 61.2 Å². The average Bonchev–Trinajstić information content (AvgIpc) is 3.13. The Morgan fingerprint density at radius 3 is 2.44 bits per heavy atom. The molecular weight excluding hydrogens is 336 g/mol. The molecule has 0 spiro atoms. The van der Waals surface area contributed by atoms with E-state index in [0.717, 1.165) is 12.8 Å². The van der Waals surface area contributed by atoms with Crippen LogP contribution < -0.4 is 5.32 Å². The minimum atomic E-state index is -0.436. The van der Waals surface area contributed by atoms with Crippen LogP contribution in [0.3, 0.4) is 0 Å². The van der Waals surface area contributed by atoms with Crippen LogP contribution in [0.25, 0.3) is 0 Å². The van der Waals surface area contributed by atoms with Crippen molar-refractivity contribution in [3.63, 3.8) is 0 Å². The lowest BCUT2D eigenvalue weighted by molar-refractivity contribution is -0.119. The van der Waals surface area contributed by atoms with E-state index in [2.05, 4.69) is 12.2 Å². The Bertz CT molecular complexity index is 756. The van der Waals surface area contributed by atoms with E-state index >= 15 is 0 Å².